The molecule has 4 rings (SSSR count). The van der Waals surface area contributed by atoms with Crippen molar-refractivity contribution in [2.24, 2.45) is 5.92 Å². The van der Waals surface area contributed by atoms with Crippen molar-refractivity contribution in [1.82, 2.24) is 24.6 Å². The molecule has 3 aromatic rings. The van der Waals surface area contributed by atoms with Crippen LogP contribution in [-0.4, -0.2) is 72.2 Å². The Morgan fingerprint density at radius 1 is 1.00 bits per heavy atom. The van der Waals surface area contributed by atoms with Crippen LogP contribution in [0.15, 0.2) is 42.9 Å². The number of carboxylic acid groups (broad SMARTS) is 2. The normalized spacial score (nSPS) is 15.4. The predicted octanol–water partition coefficient (Wildman–Crippen LogP) is 4.44. The lowest BCUT2D eigenvalue weighted by atomic mass is 10.1. The third-order valence-electron chi connectivity index (χ3n) is 5.20. The molecule has 0 radical (unpaired) electrons. The first-order chi connectivity index (χ1) is 18.6. The number of carboxylic acids is 2. The molecule has 1 aliphatic rings. The lowest BCUT2D eigenvalue weighted by Crippen LogP contribution is -2.28. The molecule has 0 saturated heterocycles. The number of fused-ring (bicyclic) bond motifs is 1. The van der Waals surface area contributed by atoms with Crippen LogP contribution in [0, 0.1) is 12.8 Å². The lowest BCUT2D eigenvalue weighted by molar-refractivity contribution is -0.193. The number of nitrogens with one attached hydrogen (secondary N) is 1. The van der Waals surface area contributed by atoms with Crippen molar-refractivity contribution < 1.29 is 46.1 Å². The van der Waals surface area contributed by atoms with E-state index in [0.29, 0.717) is 11.9 Å². The molecule has 0 fully saturated rings. The van der Waals surface area contributed by atoms with Gasteiger partial charge in [-0.3, -0.25) is 9.58 Å². The van der Waals surface area contributed by atoms with Gasteiger partial charge >= 0.3 is 24.3 Å². The first-order valence-corrected chi connectivity index (χ1v) is 12.4. The first-order valence-electron chi connectivity index (χ1n) is 11.5. The number of aromatic nitrogens is 4. The molecule has 0 saturated carbocycles. The van der Waals surface area contributed by atoms with Gasteiger partial charge in [0.2, 0.25) is 5.95 Å². The fourth-order valence-corrected chi connectivity index (χ4v) is 4.42. The maximum absolute atomic E-state index is 10.6. The summed E-state index contributed by atoms with van der Waals surface area (Å²) in [5.41, 5.74) is 1.31. The number of rotatable bonds is 6. The Labute approximate surface area is 228 Å². The Balaban J connectivity index is 0.000000333. The molecule has 1 aliphatic heterocycles. The largest absolute Gasteiger partial charge is 0.490 e. The van der Waals surface area contributed by atoms with Gasteiger partial charge in [0.25, 0.3) is 0 Å². The molecule has 40 heavy (non-hydrogen) atoms. The fourth-order valence-electron chi connectivity index (χ4n) is 3.49. The van der Waals surface area contributed by atoms with E-state index in [2.05, 4.69) is 55.1 Å². The zero-order valence-corrected chi connectivity index (χ0v) is 21.8. The standard InChI is InChI=1S/C19H24N6S.2C2HF3O2/c1-15-3-4-18(26-15)14-24-11-16(12-25-17(13-24)6-10-23-25)5-9-22-19-20-7-2-8-21-19;2*3-2(4,5)1(6)7/h2-4,6-8,10,16H,5,9,11-14H2,1H3,(H,20,21,22);2*(H,6,7). The molecule has 3 N–H and O–H groups in total. The molecule has 0 bridgehead atoms. The number of carbonyl (C=O) groups is 2. The highest BCUT2D eigenvalue weighted by Crippen LogP contribution is 2.23. The Hall–Kier alpha value is -3.73. The number of alkyl halides is 6. The van der Waals surface area contributed by atoms with E-state index in [1.807, 2.05) is 23.6 Å². The fraction of sp³-hybridized carbons (Fsp3) is 0.435. The monoisotopic (exact) mass is 596 g/mol. The van der Waals surface area contributed by atoms with Gasteiger partial charge in [0.15, 0.2) is 0 Å². The maximum atomic E-state index is 10.6. The van der Waals surface area contributed by atoms with Crippen molar-refractivity contribution in [2.75, 3.05) is 18.4 Å². The number of hydrogen-bond acceptors (Lipinski definition) is 8. The molecule has 4 heterocycles. The SMILES string of the molecule is Cc1ccc(CN2Cc3ccnn3CC(CCNc3ncccn3)C2)s1.O=C(O)C(F)(F)F.O=C(O)C(F)(F)F. The molecule has 0 amide bonds. The number of aryl methyl sites for hydroxylation is 1. The third kappa shape index (κ3) is 11.6. The van der Waals surface area contributed by atoms with Gasteiger partial charge in [-0.05, 0) is 43.5 Å². The van der Waals surface area contributed by atoms with E-state index in [1.54, 1.807) is 12.4 Å². The highest BCUT2D eigenvalue weighted by atomic mass is 32.1. The molecule has 0 spiro atoms. The summed E-state index contributed by atoms with van der Waals surface area (Å²) in [6.45, 7) is 7.07. The number of nitrogens with zero attached hydrogens (tertiary/aromatic N) is 5. The number of hydrogen-bond donors (Lipinski definition) is 3. The van der Waals surface area contributed by atoms with Gasteiger partial charge < -0.3 is 15.5 Å². The molecule has 17 heteroatoms. The van der Waals surface area contributed by atoms with Crippen molar-refractivity contribution >= 4 is 29.2 Å². The summed E-state index contributed by atoms with van der Waals surface area (Å²) < 4.78 is 65.6. The van der Waals surface area contributed by atoms with Gasteiger partial charge in [-0.2, -0.15) is 31.4 Å². The summed E-state index contributed by atoms with van der Waals surface area (Å²) in [5.74, 6) is -4.26. The van der Waals surface area contributed by atoms with Gasteiger partial charge in [0, 0.05) is 61.1 Å². The van der Waals surface area contributed by atoms with Crippen LogP contribution in [0.4, 0.5) is 32.3 Å². The molecule has 10 nitrogen and oxygen atoms in total. The van der Waals surface area contributed by atoms with Crippen LogP contribution in [-0.2, 0) is 29.2 Å². The van der Waals surface area contributed by atoms with Crippen molar-refractivity contribution in [2.45, 2.75) is 45.3 Å². The molecule has 220 valence electrons. The number of thiophene rings is 1. The number of anilines is 1. The third-order valence-corrected chi connectivity index (χ3v) is 6.19. The zero-order chi connectivity index (χ0) is 29.9. The molecule has 0 aromatic carbocycles. The molecular formula is C23H26F6N6O4S. The Morgan fingerprint density at radius 2 is 1.60 bits per heavy atom. The van der Waals surface area contributed by atoms with E-state index >= 15 is 0 Å². The predicted molar refractivity (Wildman–Crippen MR) is 131 cm³/mol. The van der Waals surface area contributed by atoms with E-state index in [1.165, 1.54) is 15.4 Å². The van der Waals surface area contributed by atoms with Gasteiger partial charge in [-0.15, -0.1) is 11.3 Å². The minimum atomic E-state index is -5.08. The minimum Gasteiger partial charge on any atom is -0.475 e. The highest BCUT2D eigenvalue weighted by molar-refractivity contribution is 7.11. The molecule has 1 atom stereocenters. The zero-order valence-electron chi connectivity index (χ0n) is 21.0. The van der Waals surface area contributed by atoms with Crippen LogP contribution in [0.5, 0.6) is 0 Å². The van der Waals surface area contributed by atoms with Crippen molar-refractivity contribution in [1.29, 1.82) is 0 Å². The minimum absolute atomic E-state index is 0.549. The van der Waals surface area contributed by atoms with Gasteiger partial charge in [0.05, 0.1) is 5.69 Å². The quantitative estimate of drug-likeness (QED) is 0.353. The Bertz CT molecular complexity index is 1190. The van der Waals surface area contributed by atoms with Crippen LogP contribution in [0.25, 0.3) is 0 Å². The molecule has 1 unspecified atom stereocenters. The summed E-state index contributed by atoms with van der Waals surface area (Å²) in [4.78, 5) is 31.6. The number of halogens is 6. The van der Waals surface area contributed by atoms with E-state index < -0.39 is 24.3 Å². The summed E-state index contributed by atoms with van der Waals surface area (Å²) >= 11 is 1.89. The Kier molecular flexibility index (Phi) is 11.9. The first kappa shape index (κ1) is 32.5. The summed E-state index contributed by atoms with van der Waals surface area (Å²) in [7, 11) is 0. The molecule has 3 aromatic heterocycles. The van der Waals surface area contributed by atoms with Crippen LogP contribution in [0.2, 0.25) is 0 Å². The van der Waals surface area contributed by atoms with E-state index in [4.69, 9.17) is 19.8 Å². The van der Waals surface area contributed by atoms with E-state index in [9.17, 15) is 26.3 Å². The smallest absolute Gasteiger partial charge is 0.475 e. The van der Waals surface area contributed by atoms with Crippen LogP contribution in [0.1, 0.15) is 21.9 Å². The van der Waals surface area contributed by atoms with Gasteiger partial charge in [-0.1, -0.05) is 0 Å². The van der Waals surface area contributed by atoms with E-state index in [-0.39, 0.29) is 0 Å². The van der Waals surface area contributed by atoms with Gasteiger partial charge in [-0.25, -0.2) is 19.6 Å². The van der Waals surface area contributed by atoms with Crippen molar-refractivity contribution in [3.63, 3.8) is 0 Å². The average Bonchev–Trinajstić information content (AvgIpc) is 3.43. The average molecular weight is 597 g/mol. The van der Waals surface area contributed by atoms with Crippen molar-refractivity contribution in [3.8, 4) is 0 Å². The summed E-state index contributed by atoms with van der Waals surface area (Å²) in [6.07, 6.45) is -3.65. The second-order valence-corrected chi connectivity index (χ2v) is 9.82. The topological polar surface area (TPSA) is 133 Å². The molecule has 0 aliphatic carbocycles. The van der Waals surface area contributed by atoms with Gasteiger partial charge in [0.1, 0.15) is 0 Å². The lowest BCUT2D eigenvalue weighted by Gasteiger charge is -2.23. The van der Waals surface area contributed by atoms with E-state index in [0.717, 1.165) is 39.1 Å². The van der Waals surface area contributed by atoms with Crippen LogP contribution < -0.4 is 5.32 Å². The van der Waals surface area contributed by atoms with Crippen LogP contribution >= 0.6 is 11.3 Å². The highest BCUT2D eigenvalue weighted by Gasteiger charge is 2.38. The second-order valence-electron chi connectivity index (χ2n) is 8.45. The van der Waals surface area contributed by atoms with Crippen LogP contribution in [0.3, 0.4) is 0 Å². The maximum Gasteiger partial charge on any atom is 0.490 e. The summed E-state index contributed by atoms with van der Waals surface area (Å²) in [6, 6.07) is 8.44. The number of aliphatic carboxylic acids is 2. The Morgan fingerprint density at radius 3 is 2.12 bits per heavy atom. The summed E-state index contributed by atoms with van der Waals surface area (Å²) in [5, 5.41) is 22.1. The van der Waals surface area contributed by atoms with Crippen molar-refractivity contribution in [3.05, 3.63) is 58.3 Å². The molecular weight excluding hydrogens is 570 g/mol. The second kappa shape index (κ2) is 14.6.